The number of benzene rings is 1. The van der Waals surface area contributed by atoms with Crippen LogP contribution in [0.15, 0.2) is 41.6 Å². The lowest BCUT2D eigenvalue weighted by Gasteiger charge is -2.17. The summed E-state index contributed by atoms with van der Waals surface area (Å²) in [6.07, 6.45) is 2.22. The van der Waals surface area contributed by atoms with Crippen LogP contribution in [0.4, 0.5) is 13.2 Å². The first kappa shape index (κ1) is 15.5. The average Bonchev–Trinajstić information content (AvgIpc) is 2.87. The molecule has 1 heterocycles. The smallest absolute Gasteiger partial charge is 0.277 e. The van der Waals surface area contributed by atoms with Gasteiger partial charge < -0.3 is 0 Å². The summed E-state index contributed by atoms with van der Waals surface area (Å²) in [5, 5.41) is 0. The number of sulfonamides is 1. The Morgan fingerprint density at radius 2 is 2.10 bits per heavy atom. The Labute approximate surface area is 119 Å². The average molecular weight is 319 g/mol. The number of rotatable bonds is 5. The Kier molecular flexibility index (Phi) is 4.33. The van der Waals surface area contributed by atoms with Gasteiger partial charge in [0, 0.05) is 19.4 Å². The highest BCUT2D eigenvalue weighted by Crippen LogP contribution is 2.19. The van der Waals surface area contributed by atoms with Crippen LogP contribution in [-0.4, -0.2) is 29.3 Å². The maximum Gasteiger partial charge on any atom is 0.319 e. The van der Waals surface area contributed by atoms with Gasteiger partial charge in [-0.25, -0.2) is 17.8 Å². The van der Waals surface area contributed by atoms with Gasteiger partial charge in [-0.2, -0.15) is 13.1 Å². The molecule has 0 unspecified atom stereocenters. The molecule has 2 rings (SSSR count). The summed E-state index contributed by atoms with van der Waals surface area (Å²) < 4.78 is 64.3. The van der Waals surface area contributed by atoms with E-state index in [1.54, 1.807) is 0 Å². The third-order valence-corrected chi connectivity index (χ3v) is 4.63. The minimum absolute atomic E-state index is 0.104. The minimum atomic E-state index is -3.98. The molecule has 0 atom stereocenters. The highest BCUT2D eigenvalue weighted by Gasteiger charge is 2.23. The fraction of sp³-hybridized carbons (Fsp3) is 0.250. The Hall–Kier alpha value is -1.87. The summed E-state index contributed by atoms with van der Waals surface area (Å²) in [5.41, 5.74) is 0. The fourth-order valence-corrected chi connectivity index (χ4v) is 2.89. The highest BCUT2D eigenvalue weighted by molar-refractivity contribution is 7.89. The zero-order valence-electron chi connectivity index (χ0n) is 10.9. The summed E-state index contributed by atoms with van der Waals surface area (Å²) in [7, 11) is -2.77. The summed E-state index contributed by atoms with van der Waals surface area (Å²) in [6, 6.07) is 4.47. The molecular weight excluding hydrogens is 307 g/mol. The SMILES string of the molecule is CN(Cc1nccn1C(F)F)S(=O)(=O)c1cccc(F)c1. The zero-order valence-corrected chi connectivity index (χ0v) is 11.8. The molecule has 0 spiro atoms. The minimum Gasteiger partial charge on any atom is -0.277 e. The quantitative estimate of drug-likeness (QED) is 0.849. The molecule has 0 saturated heterocycles. The van der Waals surface area contributed by atoms with Gasteiger partial charge >= 0.3 is 6.55 Å². The lowest BCUT2D eigenvalue weighted by atomic mass is 10.4. The fourth-order valence-electron chi connectivity index (χ4n) is 1.74. The molecular formula is C12H12F3N3O2S. The van der Waals surface area contributed by atoms with Crippen LogP contribution in [-0.2, 0) is 16.6 Å². The summed E-state index contributed by atoms with van der Waals surface area (Å²) in [5.74, 6) is -0.800. The molecule has 0 aliphatic rings. The first-order valence-corrected chi connectivity index (χ1v) is 7.28. The van der Waals surface area contributed by atoms with Crippen molar-refractivity contribution in [1.82, 2.24) is 13.9 Å². The molecule has 0 amide bonds. The third-order valence-electron chi connectivity index (χ3n) is 2.83. The van der Waals surface area contributed by atoms with Crippen LogP contribution in [0.25, 0.3) is 0 Å². The molecule has 0 aliphatic heterocycles. The predicted octanol–water partition coefficient (Wildman–Crippen LogP) is 2.24. The Bertz CT molecular complexity index is 731. The topological polar surface area (TPSA) is 55.2 Å². The Morgan fingerprint density at radius 3 is 2.71 bits per heavy atom. The first-order valence-electron chi connectivity index (χ1n) is 5.84. The predicted molar refractivity (Wildman–Crippen MR) is 68.5 cm³/mol. The van der Waals surface area contributed by atoms with Gasteiger partial charge in [0.15, 0.2) is 0 Å². The molecule has 0 saturated carbocycles. The second-order valence-electron chi connectivity index (χ2n) is 4.25. The monoisotopic (exact) mass is 319 g/mol. The van der Waals surface area contributed by atoms with E-state index in [9.17, 15) is 21.6 Å². The van der Waals surface area contributed by atoms with Gasteiger partial charge in [0.05, 0.1) is 11.4 Å². The number of aromatic nitrogens is 2. The van der Waals surface area contributed by atoms with E-state index in [0.29, 0.717) is 4.57 Å². The van der Waals surface area contributed by atoms with Crippen molar-refractivity contribution in [3.63, 3.8) is 0 Å². The van der Waals surface area contributed by atoms with Gasteiger partial charge in [0.25, 0.3) is 0 Å². The van der Waals surface area contributed by atoms with Crippen molar-refractivity contribution >= 4 is 10.0 Å². The second kappa shape index (κ2) is 5.86. The van der Waals surface area contributed by atoms with Gasteiger partial charge in [-0.1, -0.05) is 6.07 Å². The van der Waals surface area contributed by atoms with Gasteiger partial charge in [-0.3, -0.25) is 4.57 Å². The highest BCUT2D eigenvalue weighted by atomic mass is 32.2. The largest absolute Gasteiger partial charge is 0.319 e. The van der Waals surface area contributed by atoms with E-state index in [-0.39, 0.29) is 17.3 Å². The van der Waals surface area contributed by atoms with E-state index < -0.39 is 22.4 Å². The molecule has 0 fully saturated rings. The molecule has 1 aromatic carbocycles. The van der Waals surface area contributed by atoms with Crippen molar-refractivity contribution in [2.75, 3.05) is 7.05 Å². The van der Waals surface area contributed by atoms with Crippen molar-refractivity contribution in [2.24, 2.45) is 0 Å². The van der Waals surface area contributed by atoms with E-state index in [4.69, 9.17) is 0 Å². The van der Waals surface area contributed by atoms with Crippen LogP contribution in [0.5, 0.6) is 0 Å². The second-order valence-corrected chi connectivity index (χ2v) is 6.29. The number of alkyl halides is 2. The molecule has 0 radical (unpaired) electrons. The van der Waals surface area contributed by atoms with Crippen molar-refractivity contribution in [2.45, 2.75) is 18.0 Å². The first-order chi connectivity index (χ1) is 9.82. The van der Waals surface area contributed by atoms with Crippen LogP contribution < -0.4 is 0 Å². The molecule has 0 N–H and O–H groups in total. The molecule has 21 heavy (non-hydrogen) atoms. The normalized spacial score (nSPS) is 12.3. The van der Waals surface area contributed by atoms with Crippen LogP contribution in [0, 0.1) is 5.82 Å². The number of hydrogen-bond donors (Lipinski definition) is 0. The molecule has 114 valence electrons. The van der Waals surface area contributed by atoms with Crippen molar-refractivity contribution in [3.8, 4) is 0 Å². The van der Waals surface area contributed by atoms with Crippen LogP contribution >= 0.6 is 0 Å². The standard InChI is InChI=1S/C12H12F3N3O2S/c1-17(8-11-16-5-6-18(11)12(14)15)21(19,20)10-4-2-3-9(13)7-10/h2-7,12H,8H2,1H3. The van der Waals surface area contributed by atoms with Crippen molar-refractivity contribution in [1.29, 1.82) is 0 Å². The van der Waals surface area contributed by atoms with Gasteiger partial charge in [0.1, 0.15) is 11.6 Å². The van der Waals surface area contributed by atoms with E-state index in [2.05, 4.69) is 4.98 Å². The molecule has 2 aromatic rings. The van der Waals surface area contributed by atoms with Crippen LogP contribution in [0.2, 0.25) is 0 Å². The van der Waals surface area contributed by atoms with Crippen LogP contribution in [0.1, 0.15) is 12.4 Å². The third kappa shape index (κ3) is 3.24. The Balaban J connectivity index is 2.27. The number of halogens is 3. The lowest BCUT2D eigenvalue weighted by Crippen LogP contribution is -2.28. The molecule has 5 nitrogen and oxygen atoms in total. The zero-order chi connectivity index (χ0) is 15.6. The summed E-state index contributed by atoms with van der Waals surface area (Å²) in [6.45, 7) is -3.16. The van der Waals surface area contributed by atoms with Gasteiger partial charge in [-0.15, -0.1) is 0 Å². The molecule has 0 bridgehead atoms. The lowest BCUT2D eigenvalue weighted by molar-refractivity contribution is 0.0658. The van der Waals surface area contributed by atoms with Gasteiger partial charge in [-0.05, 0) is 18.2 Å². The maximum absolute atomic E-state index is 13.1. The van der Waals surface area contributed by atoms with Crippen molar-refractivity contribution in [3.05, 3.63) is 48.3 Å². The number of nitrogens with zero attached hydrogens (tertiary/aromatic N) is 3. The summed E-state index contributed by atoms with van der Waals surface area (Å²) in [4.78, 5) is 3.46. The molecule has 0 aliphatic carbocycles. The molecule has 9 heteroatoms. The summed E-state index contributed by atoms with van der Waals surface area (Å²) >= 11 is 0. The number of imidazole rings is 1. The Morgan fingerprint density at radius 1 is 1.38 bits per heavy atom. The number of hydrogen-bond acceptors (Lipinski definition) is 3. The van der Waals surface area contributed by atoms with Crippen LogP contribution in [0.3, 0.4) is 0 Å². The van der Waals surface area contributed by atoms with E-state index in [1.807, 2.05) is 0 Å². The maximum atomic E-state index is 13.1. The van der Waals surface area contributed by atoms with Crippen molar-refractivity contribution < 1.29 is 21.6 Å². The molecule has 1 aromatic heterocycles. The van der Waals surface area contributed by atoms with E-state index in [1.165, 1.54) is 19.2 Å². The van der Waals surface area contributed by atoms with E-state index >= 15 is 0 Å². The van der Waals surface area contributed by atoms with Gasteiger partial charge in [0.2, 0.25) is 10.0 Å². The van der Waals surface area contributed by atoms with E-state index in [0.717, 1.165) is 28.8 Å².